The Balaban J connectivity index is 2.16. The van der Waals surface area contributed by atoms with Crippen molar-refractivity contribution in [3.05, 3.63) is 78.9 Å². The Morgan fingerprint density at radius 2 is 1.29 bits per heavy atom. The highest BCUT2D eigenvalue weighted by Crippen LogP contribution is 2.35. The summed E-state index contributed by atoms with van der Waals surface area (Å²) in [6, 6.07) is 26.5. The molecule has 0 radical (unpaired) electrons. The van der Waals surface area contributed by atoms with Gasteiger partial charge in [-0.25, -0.2) is 0 Å². The average Bonchev–Trinajstić information content (AvgIpc) is 2.54. The SMILES string of the molecule is Oc1cccc(-c2cc3ccccc3c3ccccc23)c1. The van der Waals surface area contributed by atoms with Crippen molar-refractivity contribution in [3.63, 3.8) is 0 Å². The Bertz CT molecular complexity index is 954. The van der Waals surface area contributed by atoms with E-state index in [1.54, 1.807) is 6.07 Å². The minimum Gasteiger partial charge on any atom is -0.508 e. The normalized spacial score (nSPS) is 11.0. The molecular formula is C20H14O. The molecule has 4 aromatic rings. The van der Waals surface area contributed by atoms with E-state index in [0.717, 1.165) is 11.1 Å². The van der Waals surface area contributed by atoms with E-state index >= 15 is 0 Å². The van der Waals surface area contributed by atoms with E-state index in [-0.39, 0.29) is 0 Å². The highest BCUT2D eigenvalue weighted by atomic mass is 16.3. The molecule has 0 spiro atoms. The molecule has 0 unspecified atom stereocenters. The first kappa shape index (κ1) is 12.0. The molecule has 0 saturated carbocycles. The summed E-state index contributed by atoms with van der Waals surface area (Å²) in [5.41, 5.74) is 2.19. The van der Waals surface area contributed by atoms with E-state index < -0.39 is 0 Å². The third-order valence-electron chi connectivity index (χ3n) is 3.93. The molecule has 0 bridgehead atoms. The van der Waals surface area contributed by atoms with Crippen LogP contribution in [-0.4, -0.2) is 5.11 Å². The highest BCUT2D eigenvalue weighted by molar-refractivity contribution is 6.13. The molecule has 0 saturated heterocycles. The van der Waals surface area contributed by atoms with Crippen molar-refractivity contribution in [2.45, 2.75) is 0 Å². The molecule has 21 heavy (non-hydrogen) atoms. The van der Waals surface area contributed by atoms with Gasteiger partial charge >= 0.3 is 0 Å². The van der Waals surface area contributed by atoms with Gasteiger partial charge in [0.05, 0.1) is 0 Å². The van der Waals surface area contributed by atoms with Gasteiger partial charge in [0.15, 0.2) is 0 Å². The first-order valence-corrected chi connectivity index (χ1v) is 7.03. The number of phenols is 1. The van der Waals surface area contributed by atoms with Crippen molar-refractivity contribution < 1.29 is 5.11 Å². The lowest BCUT2D eigenvalue weighted by Gasteiger charge is -2.11. The lowest BCUT2D eigenvalue weighted by atomic mass is 9.93. The molecule has 0 amide bonds. The molecular weight excluding hydrogens is 256 g/mol. The Morgan fingerprint density at radius 3 is 2.10 bits per heavy atom. The zero-order valence-electron chi connectivity index (χ0n) is 11.5. The maximum absolute atomic E-state index is 9.76. The molecule has 1 heteroatoms. The quantitative estimate of drug-likeness (QED) is 0.461. The molecule has 0 atom stereocenters. The summed E-state index contributed by atoms with van der Waals surface area (Å²) in [5.74, 6) is 0.296. The van der Waals surface area contributed by atoms with Crippen molar-refractivity contribution in [2.24, 2.45) is 0 Å². The Hall–Kier alpha value is -2.80. The molecule has 0 aliphatic carbocycles. The third-order valence-corrected chi connectivity index (χ3v) is 3.93. The van der Waals surface area contributed by atoms with E-state index in [1.165, 1.54) is 21.5 Å². The number of rotatable bonds is 1. The summed E-state index contributed by atoms with van der Waals surface area (Å²) in [5, 5.41) is 14.7. The predicted molar refractivity (Wildman–Crippen MR) is 88.6 cm³/mol. The predicted octanol–water partition coefficient (Wildman–Crippen LogP) is 5.37. The van der Waals surface area contributed by atoms with Crippen molar-refractivity contribution >= 4 is 21.5 Å². The van der Waals surface area contributed by atoms with Gasteiger partial charge in [-0.05, 0) is 50.9 Å². The second-order valence-electron chi connectivity index (χ2n) is 5.24. The first-order chi connectivity index (χ1) is 10.3. The summed E-state index contributed by atoms with van der Waals surface area (Å²) in [6.45, 7) is 0. The summed E-state index contributed by atoms with van der Waals surface area (Å²) < 4.78 is 0. The zero-order valence-corrected chi connectivity index (χ0v) is 11.5. The van der Waals surface area contributed by atoms with Crippen LogP contribution >= 0.6 is 0 Å². The number of phenolic OH excluding ortho intramolecular Hbond substituents is 1. The van der Waals surface area contributed by atoms with E-state index in [1.807, 2.05) is 18.2 Å². The molecule has 100 valence electrons. The fraction of sp³-hybridized carbons (Fsp3) is 0. The van der Waals surface area contributed by atoms with Crippen LogP contribution in [0.5, 0.6) is 5.75 Å². The van der Waals surface area contributed by atoms with Crippen LogP contribution in [0.1, 0.15) is 0 Å². The minimum atomic E-state index is 0.296. The topological polar surface area (TPSA) is 20.2 Å². The lowest BCUT2D eigenvalue weighted by Crippen LogP contribution is -1.84. The monoisotopic (exact) mass is 270 g/mol. The van der Waals surface area contributed by atoms with Gasteiger partial charge in [-0.2, -0.15) is 0 Å². The Kier molecular flexibility index (Phi) is 2.65. The second kappa shape index (κ2) is 4.64. The Morgan fingerprint density at radius 1 is 0.571 bits per heavy atom. The fourth-order valence-electron chi connectivity index (χ4n) is 2.97. The zero-order chi connectivity index (χ0) is 14.2. The standard InChI is InChI=1S/C20H14O/c21-16-8-5-7-14(12-16)20-13-15-6-1-2-9-17(15)18-10-3-4-11-19(18)20/h1-13,21H. The summed E-state index contributed by atoms with van der Waals surface area (Å²) in [6.07, 6.45) is 0. The average molecular weight is 270 g/mol. The van der Waals surface area contributed by atoms with Gasteiger partial charge in [-0.1, -0.05) is 60.7 Å². The molecule has 0 aliphatic heterocycles. The fourth-order valence-corrected chi connectivity index (χ4v) is 2.97. The van der Waals surface area contributed by atoms with Crippen molar-refractivity contribution in [3.8, 4) is 16.9 Å². The van der Waals surface area contributed by atoms with Crippen molar-refractivity contribution in [1.29, 1.82) is 0 Å². The number of fused-ring (bicyclic) bond motifs is 3. The maximum atomic E-state index is 9.76. The smallest absolute Gasteiger partial charge is 0.116 e. The molecule has 4 aromatic carbocycles. The number of hydrogen-bond donors (Lipinski definition) is 1. The van der Waals surface area contributed by atoms with Crippen LogP contribution in [0.2, 0.25) is 0 Å². The minimum absolute atomic E-state index is 0.296. The molecule has 0 aliphatic rings. The first-order valence-electron chi connectivity index (χ1n) is 7.03. The van der Waals surface area contributed by atoms with E-state index in [9.17, 15) is 5.11 Å². The second-order valence-corrected chi connectivity index (χ2v) is 5.24. The molecule has 1 N–H and O–H groups in total. The van der Waals surface area contributed by atoms with Crippen LogP contribution in [0.3, 0.4) is 0 Å². The van der Waals surface area contributed by atoms with Crippen LogP contribution < -0.4 is 0 Å². The van der Waals surface area contributed by atoms with Gasteiger partial charge in [0.1, 0.15) is 5.75 Å². The van der Waals surface area contributed by atoms with Crippen molar-refractivity contribution in [1.82, 2.24) is 0 Å². The molecule has 4 rings (SSSR count). The highest BCUT2D eigenvalue weighted by Gasteiger charge is 2.08. The summed E-state index contributed by atoms with van der Waals surface area (Å²) >= 11 is 0. The number of benzene rings is 4. The molecule has 0 heterocycles. The van der Waals surface area contributed by atoms with Crippen LogP contribution in [-0.2, 0) is 0 Å². The van der Waals surface area contributed by atoms with E-state index in [0.29, 0.717) is 5.75 Å². The molecule has 0 aromatic heterocycles. The summed E-state index contributed by atoms with van der Waals surface area (Å²) in [4.78, 5) is 0. The van der Waals surface area contributed by atoms with Gasteiger partial charge in [-0.15, -0.1) is 0 Å². The van der Waals surface area contributed by atoms with Crippen LogP contribution in [0.25, 0.3) is 32.7 Å². The number of hydrogen-bond acceptors (Lipinski definition) is 1. The van der Waals surface area contributed by atoms with Crippen LogP contribution in [0.15, 0.2) is 78.9 Å². The largest absolute Gasteiger partial charge is 0.508 e. The molecule has 1 nitrogen and oxygen atoms in total. The maximum Gasteiger partial charge on any atom is 0.116 e. The van der Waals surface area contributed by atoms with E-state index in [2.05, 4.69) is 54.6 Å². The number of aromatic hydroxyl groups is 1. The summed E-state index contributed by atoms with van der Waals surface area (Å²) in [7, 11) is 0. The molecule has 0 fully saturated rings. The third kappa shape index (κ3) is 1.95. The lowest BCUT2D eigenvalue weighted by molar-refractivity contribution is 0.475. The van der Waals surface area contributed by atoms with Gasteiger partial charge in [0, 0.05) is 0 Å². The Labute approximate surface area is 123 Å². The van der Waals surface area contributed by atoms with Crippen LogP contribution in [0, 0.1) is 0 Å². The van der Waals surface area contributed by atoms with Crippen molar-refractivity contribution in [2.75, 3.05) is 0 Å². The van der Waals surface area contributed by atoms with E-state index in [4.69, 9.17) is 0 Å². The van der Waals surface area contributed by atoms with Gasteiger partial charge < -0.3 is 5.11 Å². The van der Waals surface area contributed by atoms with Gasteiger partial charge in [0.2, 0.25) is 0 Å². The van der Waals surface area contributed by atoms with Gasteiger partial charge in [-0.3, -0.25) is 0 Å². The van der Waals surface area contributed by atoms with Crippen LogP contribution in [0.4, 0.5) is 0 Å². The van der Waals surface area contributed by atoms with Gasteiger partial charge in [0.25, 0.3) is 0 Å².